The number of ether oxygens (including phenoxy) is 1. The third-order valence-electron chi connectivity index (χ3n) is 6.28. The summed E-state index contributed by atoms with van der Waals surface area (Å²) in [6.07, 6.45) is 6.65. The van der Waals surface area contributed by atoms with Gasteiger partial charge in [-0.1, -0.05) is 23.8 Å². The van der Waals surface area contributed by atoms with E-state index in [4.69, 9.17) is 4.74 Å². The molecule has 7 nitrogen and oxygen atoms in total. The molecule has 2 aromatic rings. The fourth-order valence-electron chi connectivity index (χ4n) is 4.54. The number of hydrogen-bond donors (Lipinski definition) is 0. The summed E-state index contributed by atoms with van der Waals surface area (Å²) >= 11 is 0. The summed E-state index contributed by atoms with van der Waals surface area (Å²) in [5, 5.41) is 0. The number of anilines is 1. The van der Waals surface area contributed by atoms with E-state index >= 15 is 0 Å². The van der Waals surface area contributed by atoms with Crippen LogP contribution in [0.4, 0.5) is 10.1 Å². The minimum absolute atomic E-state index is 0.130. The van der Waals surface area contributed by atoms with Crippen LogP contribution in [0.2, 0.25) is 0 Å². The van der Waals surface area contributed by atoms with Gasteiger partial charge in [-0.05, 0) is 68.5 Å². The summed E-state index contributed by atoms with van der Waals surface area (Å²) in [7, 11) is 0. The lowest BCUT2D eigenvalue weighted by Crippen LogP contribution is -2.46. The molecule has 1 heterocycles. The summed E-state index contributed by atoms with van der Waals surface area (Å²) < 4.78 is 19.5. The van der Waals surface area contributed by atoms with Gasteiger partial charge in [-0.25, -0.2) is 9.29 Å². The molecule has 3 amide bonds. The molecule has 1 fully saturated rings. The molecule has 1 unspecified atom stereocenters. The van der Waals surface area contributed by atoms with Crippen molar-refractivity contribution in [1.29, 1.82) is 0 Å². The Bertz CT molecular complexity index is 1170. The Kier molecular flexibility index (Phi) is 7.39. The van der Waals surface area contributed by atoms with E-state index in [9.17, 15) is 23.6 Å². The first-order valence-corrected chi connectivity index (χ1v) is 11.7. The molecule has 0 N–H and O–H groups in total. The number of hydrogen-bond acceptors (Lipinski definition) is 5. The van der Waals surface area contributed by atoms with E-state index in [2.05, 4.69) is 6.08 Å². The normalized spacial score (nSPS) is 17.8. The third kappa shape index (κ3) is 5.48. The second-order valence-electron chi connectivity index (χ2n) is 8.71. The first kappa shape index (κ1) is 24.3. The van der Waals surface area contributed by atoms with Crippen LogP contribution >= 0.6 is 0 Å². The van der Waals surface area contributed by atoms with Crippen molar-refractivity contribution >= 4 is 29.4 Å². The Hall–Kier alpha value is -3.81. The number of allylic oxidation sites excluding steroid dienone is 1. The fraction of sp³-hybridized carbons (Fsp3) is 0.333. The highest BCUT2D eigenvalue weighted by molar-refractivity contribution is 6.23. The number of imide groups is 1. The minimum atomic E-state index is -1.04. The van der Waals surface area contributed by atoms with Gasteiger partial charge < -0.3 is 9.64 Å². The van der Waals surface area contributed by atoms with Gasteiger partial charge >= 0.3 is 5.97 Å². The molecule has 0 saturated carbocycles. The van der Waals surface area contributed by atoms with E-state index in [1.54, 1.807) is 6.07 Å². The number of nitrogens with zero attached hydrogens (tertiary/aromatic N) is 2. The van der Waals surface area contributed by atoms with Crippen molar-refractivity contribution < 1.29 is 28.3 Å². The van der Waals surface area contributed by atoms with Gasteiger partial charge in [0.1, 0.15) is 17.6 Å². The zero-order valence-corrected chi connectivity index (χ0v) is 19.5. The molecule has 0 aromatic heterocycles. The van der Waals surface area contributed by atoms with Crippen molar-refractivity contribution in [3.05, 3.63) is 71.6 Å². The lowest BCUT2D eigenvalue weighted by Gasteiger charge is -2.29. The Morgan fingerprint density at radius 3 is 2.49 bits per heavy atom. The molecule has 1 saturated heterocycles. The predicted octanol–water partition coefficient (Wildman–Crippen LogP) is 4.42. The lowest BCUT2D eigenvalue weighted by molar-refractivity contribution is -0.132. The molecule has 1 aliphatic carbocycles. The molecule has 0 radical (unpaired) electrons. The largest absolute Gasteiger partial charge is 0.427 e. The monoisotopic (exact) mass is 478 g/mol. The first-order valence-electron chi connectivity index (χ1n) is 11.7. The highest BCUT2D eigenvalue weighted by Gasteiger charge is 2.44. The Morgan fingerprint density at radius 2 is 1.83 bits per heavy atom. The van der Waals surface area contributed by atoms with E-state index in [1.165, 1.54) is 59.9 Å². The maximum Gasteiger partial charge on any atom is 0.308 e. The first-order chi connectivity index (χ1) is 16.8. The molecule has 4 rings (SSSR count). The molecule has 35 heavy (non-hydrogen) atoms. The molecule has 1 aliphatic heterocycles. The molecule has 0 spiro atoms. The average Bonchev–Trinajstić information content (AvgIpc) is 3.14. The van der Waals surface area contributed by atoms with Crippen LogP contribution < -0.4 is 9.64 Å². The van der Waals surface area contributed by atoms with E-state index in [1.807, 2.05) is 0 Å². The predicted molar refractivity (Wildman–Crippen MR) is 127 cm³/mol. The third-order valence-corrected chi connectivity index (χ3v) is 6.28. The van der Waals surface area contributed by atoms with Crippen LogP contribution in [-0.2, 0) is 14.4 Å². The van der Waals surface area contributed by atoms with Gasteiger partial charge in [0.15, 0.2) is 0 Å². The van der Waals surface area contributed by atoms with Gasteiger partial charge in [-0.3, -0.25) is 19.2 Å². The molecular weight excluding hydrogens is 451 g/mol. The molecule has 8 heteroatoms. The van der Waals surface area contributed by atoms with Crippen LogP contribution in [-0.4, -0.2) is 41.2 Å². The van der Waals surface area contributed by atoms with Crippen molar-refractivity contribution in [1.82, 2.24) is 4.90 Å². The Labute approximate surface area is 203 Å². The number of benzene rings is 2. The number of halogens is 1. The van der Waals surface area contributed by atoms with Crippen LogP contribution in [0.1, 0.15) is 55.8 Å². The van der Waals surface area contributed by atoms with E-state index in [0.717, 1.165) is 30.6 Å². The highest BCUT2D eigenvalue weighted by atomic mass is 19.1. The van der Waals surface area contributed by atoms with Crippen molar-refractivity contribution in [2.24, 2.45) is 0 Å². The zero-order valence-electron chi connectivity index (χ0n) is 19.5. The summed E-state index contributed by atoms with van der Waals surface area (Å²) in [5.41, 5.74) is 1.39. The molecule has 2 aliphatic rings. The van der Waals surface area contributed by atoms with Crippen LogP contribution in [0.3, 0.4) is 0 Å². The van der Waals surface area contributed by atoms with Crippen LogP contribution in [0.25, 0.3) is 0 Å². The van der Waals surface area contributed by atoms with Crippen LogP contribution in [0.5, 0.6) is 5.75 Å². The summed E-state index contributed by atoms with van der Waals surface area (Å²) in [4.78, 5) is 53.2. The van der Waals surface area contributed by atoms with Crippen LogP contribution in [0.15, 0.2) is 60.2 Å². The number of carbonyl (C=O) groups is 4. The Balaban J connectivity index is 1.59. The van der Waals surface area contributed by atoms with Crippen molar-refractivity contribution in [3.63, 3.8) is 0 Å². The summed E-state index contributed by atoms with van der Waals surface area (Å²) in [6, 6.07) is 10.6. The number of esters is 1. The molecule has 0 bridgehead atoms. The van der Waals surface area contributed by atoms with Gasteiger partial charge in [0, 0.05) is 13.5 Å². The zero-order chi connectivity index (χ0) is 24.9. The standard InChI is InChI=1S/C27H27FN2O5/c1-18(31)35-21-13-11-20(12-14-21)30-25(32)17-24(27(30)34)29(16-15-19-7-3-2-4-8-19)26(33)22-9-5-6-10-23(22)28/h5-7,9-14,24H,2-4,8,15-17H2,1H3. The molecule has 1 atom stereocenters. The average molecular weight is 479 g/mol. The van der Waals surface area contributed by atoms with Crippen molar-refractivity contribution in [3.8, 4) is 5.75 Å². The SMILES string of the molecule is CC(=O)Oc1ccc(N2C(=O)CC(N(CCC3=CCCCC3)C(=O)c3ccccc3F)C2=O)cc1. The molecule has 2 aromatic carbocycles. The smallest absolute Gasteiger partial charge is 0.308 e. The summed E-state index contributed by atoms with van der Waals surface area (Å²) in [5.74, 6) is -2.48. The molecular formula is C27H27FN2O5. The van der Waals surface area contributed by atoms with Crippen molar-refractivity contribution in [2.75, 3.05) is 11.4 Å². The van der Waals surface area contributed by atoms with Gasteiger partial charge in [0.2, 0.25) is 5.91 Å². The quantitative estimate of drug-likeness (QED) is 0.255. The van der Waals surface area contributed by atoms with Gasteiger partial charge in [-0.2, -0.15) is 0 Å². The van der Waals surface area contributed by atoms with Crippen LogP contribution in [0, 0.1) is 5.82 Å². The Morgan fingerprint density at radius 1 is 1.09 bits per heavy atom. The maximum absolute atomic E-state index is 14.5. The minimum Gasteiger partial charge on any atom is -0.427 e. The lowest BCUT2D eigenvalue weighted by atomic mass is 9.96. The van der Waals surface area contributed by atoms with Gasteiger partial charge in [0.05, 0.1) is 17.7 Å². The number of amides is 3. The van der Waals surface area contributed by atoms with E-state index < -0.39 is 35.5 Å². The number of rotatable bonds is 7. The number of carbonyl (C=O) groups excluding carboxylic acids is 4. The van der Waals surface area contributed by atoms with E-state index in [-0.39, 0.29) is 24.3 Å². The van der Waals surface area contributed by atoms with Crippen molar-refractivity contribution in [2.45, 2.75) is 51.5 Å². The highest BCUT2D eigenvalue weighted by Crippen LogP contribution is 2.30. The van der Waals surface area contributed by atoms with Gasteiger partial charge in [0.25, 0.3) is 11.8 Å². The molecule has 182 valence electrons. The second kappa shape index (κ2) is 10.6. The maximum atomic E-state index is 14.5. The topological polar surface area (TPSA) is 84.0 Å². The van der Waals surface area contributed by atoms with E-state index in [0.29, 0.717) is 12.1 Å². The van der Waals surface area contributed by atoms with Gasteiger partial charge in [-0.15, -0.1) is 0 Å². The summed E-state index contributed by atoms with van der Waals surface area (Å²) in [6.45, 7) is 1.48. The second-order valence-corrected chi connectivity index (χ2v) is 8.71. The fourth-order valence-corrected chi connectivity index (χ4v) is 4.54.